The normalized spacial score (nSPS) is 22.5. The number of hydrogen-bond acceptors (Lipinski definition) is 5. The first-order chi connectivity index (χ1) is 15.7. The molecule has 0 aromatic carbocycles. The summed E-state index contributed by atoms with van der Waals surface area (Å²) in [5, 5.41) is 0. The van der Waals surface area contributed by atoms with Crippen LogP contribution in [0, 0.1) is 0 Å². The van der Waals surface area contributed by atoms with Gasteiger partial charge in [0.15, 0.2) is 0 Å². The van der Waals surface area contributed by atoms with Gasteiger partial charge in [-0.15, -0.1) is 0 Å². The van der Waals surface area contributed by atoms with E-state index in [1.807, 2.05) is 21.9 Å². The predicted octanol–water partition coefficient (Wildman–Crippen LogP) is 2.56. The molecule has 5 rings (SSSR count). The lowest BCUT2D eigenvalue weighted by atomic mass is 9.90. The Labute approximate surface area is 189 Å². The molecule has 1 amide bonds. The Hall–Kier alpha value is -2.54. The van der Waals surface area contributed by atoms with Crippen LogP contribution in [-0.4, -0.2) is 63.0 Å². The molecular formula is C25H33N5O2. The molecule has 32 heavy (non-hydrogen) atoms. The van der Waals surface area contributed by atoms with Crippen LogP contribution in [0.1, 0.15) is 67.4 Å². The molecule has 3 aliphatic rings. The monoisotopic (exact) mass is 435 g/mol. The Balaban J connectivity index is 1.15. The van der Waals surface area contributed by atoms with Crippen molar-refractivity contribution in [3.63, 3.8) is 0 Å². The van der Waals surface area contributed by atoms with Crippen molar-refractivity contribution in [2.75, 3.05) is 32.7 Å². The predicted molar refractivity (Wildman–Crippen MR) is 123 cm³/mol. The fourth-order valence-corrected chi connectivity index (χ4v) is 5.55. The first-order valence-corrected chi connectivity index (χ1v) is 12.2. The molecule has 170 valence electrons. The molecule has 2 aromatic heterocycles. The number of piperidine rings is 1. The molecule has 5 heterocycles. The Morgan fingerprint density at radius 3 is 2.56 bits per heavy atom. The molecule has 0 spiro atoms. The van der Waals surface area contributed by atoms with Crippen molar-refractivity contribution < 1.29 is 4.79 Å². The lowest BCUT2D eigenvalue weighted by molar-refractivity contribution is -0.133. The molecule has 1 atom stereocenters. The smallest absolute Gasteiger partial charge is 0.253 e. The van der Waals surface area contributed by atoms with E-state index in [2.05, 4.69) is 22.0 Å². The van der Waals surface area contributed by atoms with E-state index in [1.54, 1.807) is 6.07 Å². The van der Waals surface area contributed by atoms with Gasteiger partial charge >= 0.3 is 0 Å². The molecule has 0 N–H and O–H groups in total. The maximum atomic E-state index is 12.9. The fourth-order valence-electron chi connectivity index (χ4n) is 5.55. The highest BCUT2D eigenvalue weighted by molar-refractivity contribution is 5.78. The van der Waals surface area contributed by atoms with E-state index in [9.17, 15) is 9.59 Å². The van der Waals surface area contributed by atoms with E-state index in [0.717, 1.165) is 89.2 Å². The van der Waals surface area contributed by atoms with Crippen molar-refractivity contribution in [1.29, 1.82) is 0 Å². The minimum absolute atomic E-state index is 0.0958. The second-order valence-electron chi connectivity index (χ2n) is 9.55. The summed E-state index contributed by atoms with van der Waals surface area (Å²) in [5.41, 5.74) is 2.36. The topological polar surface area (TPSA) is 71.3 Å². The number of fused-ring (bicyclic) bond motifs is 1. The molecule has 0 aliphatic carbocycles. The van der Waals surface area contributed by atoms with Gasteiger partial charge in [0.2, 0.25) is 5.91 Å². The Morgan fingerprint density at radius 1 is 0.969 bits per heavy atom. The maximum Gasteiger partial charge on any atom is 0.253 e. The van der Waals surface area contributed by atoms with Crippen LogP contribution in [0.3, 0.4) is 0 Å². The summed E-state index contributed by atoms with van der Waals surface area (Å²) in [4.78, 5) is 38.8. The van der Waals surface area contributed by atoms with Gasteiger partial charge in [-0.3, -0.25) is 24.0 Å². The highest BCUT2D eigenvalue weighted by Crippen LogP contribution is 2.29. The van der Waals surface area contributed by atoms with Crippen LogP contribution < -0.4 is 5.56 Å². The highest BCUT2D eigenvalue weighted by atomic mass is 16.2. The summed E-state index contributed by atoms with van der Waals surface area (Å²) in [5.74, 6) is 1.96. The van der Waals surface area contributed by atoms with E-state index < -0.39 is 0 Å². The molecule has 2 saturated heterocycles. The average molecular weight is 436 g/mol. The lowest BCUT2D eigenvalue weighted by Crippen LogP contribution is -2.43. The third-order valence-corrected chi connectivity index (χ3v) is 7.46. The van der Waals surface area contributed by atoms with E-state index in [4.69, 9.17) is 4.98 Å². The van der Waals surface area contributed by atoms with Gasteiger partial charge in [0, 0.05) is 57.0 Å². The van der Waals surface area contributed by atoms with Gasteiger partial charge in [-0.2, -0.15) is 0 Å². The van der Waals surface area contributed by atoms with E-state index >= 15 is 0 Å². The zero-order valence-electron chi connectivity index (χ0n) is 18.8. The number of hydrogen-bond donors (Lipinski definition) is 0. The van der Waals surface area contributed by atoms with Crippen molar-refractivity contribution in [2.45, 2.75) is 63.3 Å². The first kappa shape index (κ1) is 21.3. The van der Waals surface area contributed by atoms with Crippen molar-refractivity contribution in [3.8, 4) is 0 Å². The summed E-state index contributed by atoms with van der Waals surface area (Å²) in [6, 6.07) is 5.93. The molecule has 0 unspecified atom stereocenters. The summed E-state index contributed by atoms with van der Waals surface area (Å²) in [6.45, 7) is 4.63. The summed E-state index contributed by atoms with van der Waals surface area (Å²) in [6.07, 6.45) is 10.9. The quantitative estimate of drug-likeness (QED) is 0.738. The number of carbonyl (C=O) groups is 1. The molecular weight excluding hydrogens is 402 g/mol. The largest absolute Gasteiger partial charge is 0.342 e. The molecule has 3 aliphatic heterocycles. The van der Waals surface area contributed by atoms with Gasteiger partial charge in [-0.25, -0.2) is 4.98 Å². The second kappa shape index (κ2) is 9.53. The number of aryl methyl sites for hydroxylation is 1. The fraction of sp³-hybridized carbons (Fsp3) is 0.600. The number of likely N-dealkylation sites (tertiary alicyclic amines) is 2. The SMILES string of the molecule is O=C(CN1CC[C@H](c2cc(=O)n3c(n2)CCCCC3)C1)N1CCC(c2ccncc2)CC1. The Kier molecular flexibility index (Phi) is 6.35. The van der Waals surface area contributed by atoms with Crippen LogP contribution in [0.15, 0.2) is 35.4 Å². The van der Waals surface area contributed by atoms with E-state index in [0.29, 0.717) is 12.5 Å². The van der Waals surface area contributed by atoms with Gasteiger partial charge in [0.05, 0.1) is 12.2 Å². The zero-order valence-corrected chi connectivity index (χ0v) is 18.8. The van der Waals surface area contributed by atoms with Gasteiger partial charge in [0.1, 0.15) is 5.82 Å². The van der Waals surface area contributed by atoms with Crippen molar-refractivity contribution in [3.05, 3.63) is 58.0 Å². The van der Waals surface area contributed by atoms with Gasteiger partial charge < -0.3 is 4.90 Å². The standard InChI is InChI=1S/C25H33N5O2/c31-24-16-22(27-23-4-2-1-3-12-30(23)24)21-7-13-28(17-21)18-25(32)29-14-8-20(9-15-29)19-5-10-26-11-6-19/h5-6,10-11,16,20-21H,1-4,7-9,12-15,17-18H2/t21-/m0/s1. The van der Waals surface area contributed by atoms with Crippen LogP contribution in [-0.2, 0) is 17.8 Å². The summed E-state index contributed by atoms with van der Waals surface area (Å²) in [7, 11) is 0. The number of pyridine rings is 1. The zero-order chi connectivity index (χ0) is 21.9. The van der Waals surface area contributed by atoms with Crippen LogP contribution in [0.4, 0.5) is 0 Å². The molecule has 7 nitrogen and oxygen atoms in total. The Morgan fingerprint density at radius 2 is 1.75 bits per heavy atom. The van der Waals surface area contributed by atoms with E-state index in [-0.39, 0.29) is 17.4 Å². The number of carbonyl (C=O) groups excluding carboxylic acids is 1. The van der Waals surface area contributed by atoms with Crippen molar-refractivity contribution >= 4 is 5.91 Å². The minimum atomic E-state index is 0.0958. The number of nitrogens with zero attached hydrogens (tertiary/aromatic N) is 5. The summed E-state index contributed by atoms with van der Waals surface area (Å²) < 4.78 is 1.86. The Bertz CT molecular complexity index is 997. The third-order valence-electron chi connectivity index (χ3n) is 7.46. The second-order valence-corrected chi connectivity index (χ2v) is 9.55. The number of amides is 1. The number of aromatic nitrogens is 3. The van der Waals surface area contributed by atoms with Gasteiger partial charge in [0.25, 0.3) is 5.56 Å². The molecule has 0 bridgehead atoms. The van der Waals surface area contributed by atoms with Crippen molar-refractivity contribution in [1.82, 2.24) is 24.3 Å². The molecule has 7 heteroatoms. The van der Waals surface area contributed by atoms with Crippen LogP contribution >= 0.6 is 0 Å². The molecule has 0 saturated carbocycles. The molecule has 2 fully saturated rings. The van der Waals surface area contributed by atoms with Crippen molar-refractivity contribution in [2.24, 2.45) is 0 Å². The maximum absolute atomic E-state index is 12.9. The number of rotatable bonds is 4. The molecule has 2 aromatic rings. The first-order valence-electron chi connectivity index (χ1n) is 12.2. The van der Waals surface area contributed by atoms with Crippen LogP contribution in [0.5, 0.6) is 0 Å². The third kappa shape index (κ3) is 4.63. The molecule has 0 radical (unpaired) electrons. The van der Waals surface area contributed by atoms with E-state index in [1.165, 1.54) is 5.56 Å². The van der Waals surface area contributed by atoms with Crippen LogP contribution in [0.2, 0.25) is 0 Å². The average Bonchev–Trinajstić information content (AvgIpc) is 3.15. The summed E-state index contributed by atoms with van der Waals surface area (Å²) >= 11 is 0. The van der Waals surface area contributed by atoms with Gasteiger partial charge in [-0.05, 0) is 62.3 Å². The van der Waals surface area contributed by atoms with Gasteiger partial charge in [-0.1, -0.05) is 6.42 Å². The highest BCUT2D eigenvalue weighted by Gasteiger charge is 2.30. The van der Waals surface area contributed by atoms with Crippen LogP contribution in [0.25, 0.3) is 0 Å². The lowest BCUT2D eigenvalue weighted by Gasteiger charge is -2.33. The minimum Gasteiger partial charge on any atom is -0.342 e.